The molecule has 0 bridgehead atoms. The highest BCUT2D eigenvalue weighted by molar-refractivity contribution is 9.10. The number of halogens is 1. The van der Waals surface area contributed by atoms with Crippen LogP contribution in [0.3, 0.4) is 0 Å². The normalized spacial score (nSPS) is 11.3. The monoisotopic (exact) mass is 399 g/mol. The van der Waals surface area contributed by atoms with E-state index in [0.717, 1.165) is 11.4 Å². The number of nitrogens with zero attached hydrogens (tertiary/aromatic N) is 6. The van der Waals surface area contributed by atoms with Crippen molar-refractivity contribution in [2.24, 2.45) is 7.05 Å². The number of fused-ring (bicyclic) bond motifs is 1. The number of aromatic nitrogens is 6. The maximum Gasteiger partial charge on any atom is 0.353 e. The van der Waals surface area contributed by atoms with E-state index in [2.05, 4.69) is 31.0 Å². The second kappa shape index (κ2) is 5.85. The summed E-state index contributed by atoms with van der Waals surface area (Å²) < 4.78 is 5.07. The Morgan fingerprint density at radius 1 is 1.24 bits per heavy atom. The first kappa shape index (κ1) is 15.6. The van der Waals surface area contributed by atoms with Gasteiger partial charge in [-0.1, -0.05) is 30.3 Å². The molecule has 0 saturated heterocycles. The van der Waals surface area contributed by atoms with E-state index >= 15 is 0 Å². The van der Waals surface area contributed by atoms with Gasteiger partial charge in [-0.25, -0.2) is 23.8 Å². The minimum absolute atomic E-state index is 0.0909. The van der Waals surface area contributed by atoms with Crippen molar-refractivity contribution in [3.05, 3.63) is 63.5 Å². The molecule has 1 aromatic carbocycles. The zero-order valence-electron chi connectivity index (χ0n) is 13.3. The summed E-state index contributed by atoms with van der Waals surface area (Å²) in [5.74, 6) is 0.810. The lowest BCUT2D eigenvalue weighted by Crippen LogP contribution is -2.24. The predicted octanol–water partition coefficient (Wildman–Crippen LogP) is 1.68. The standard InChI is InChI=1S/C16H14BrN7O/c1-22-8-7-19-11(22)9-23-16(25)24-14(21-23)12(17)13(20-15(24)18)10-5-3-2-4-6-10/h2-8H,9H2,1H3,(H2,18,20). The van der Waals surface area contributed by atoms with E-state index in [1.165, 1.54) is 9.08 Å². The van der Waals surface area contributed by atoms with E-state index < -0.39 is 0 Å². The highest BCUT2D eigenvalue weighted by Crippen LogP contribution is 2.29. The molecule has 0 aliphatic rings. The first-order chi connectivity index (χ1) is 12.1. The van der Waals surface area contributed by atoms with Gasteiger partial charge in [-0.2, -0.15) is 0 Å². The van der Waals surface area contributed by atoms with Crippen LogP contribution in [0, 0.1) is 0 Å². The van der Waals surface area contributed by atoms with E-state index in [4.69, 9.17) is 5.73 Å². The van der Waals surface area contributed by atoms with Crippen molar-refractivity contribution >= 4 is 27.5 Å². The Morgan fingerprint density at radius 3 is 2.68 bits per heavy atom. The summed E-state index contributed by atoms with van der Waals surface area (Å²) in [6, 6.07) is 9.59. The second-order valence-electron chi connectivity index (χ2n) is 5.55. The van der Waals surface area contributed by atoms with Crippen LogP contribution in [0.25, 0.3) is 16.9 Å². The lowest BCUT2D eigenvalue weighted by Gasteiger charge is -2.06. The number of nitrogens with two attached hydrogens (primary N) is 1. The SMILES string of the molecule is Cn1ccnc1Cn1nc2c(Br)c(-c3ccccc3)nc(N)n2c1=O. The van der Waals surface area contributed by atoms with E-state index in [0.29, 0.717) is 15.8 Å². The van der Waals surface area contributed by atoms with Crippen LogP contribution in [0.4, 0.5) is 5.95 Å². The highest BCUT2D eigenvalue weighted by Gasteiger charge is 2.19. The van der Waals surface area contributed by atoms with Gasteiger partial charge in [0.05, 0.1) is 10.2 Å². The fourth-order valence-corrected chi connectivity index (χ4v) is 3.22. The molecule has 0 aliphatic heterocycles. The van der Waals surface area contributed by atoms with Crippen molar-refractivity contribution in [3.63, 3.8) is 0 Å². The number of nitrogen functional groups attached to an aromatic ring is 1. The van der Waals surface area contributed by atoms with Crippen LogP contribution in [0.1, 0.15) is 5.82 Å². The Kier molecular flexibility index (Phi) is 3.65. The molecule has 0 aliphatic carbocycles. The topological polar surface area (TPSA) is 96.0 Å². The number of aryl methyl sites for hydroxylation is 1. The molecule has 8 nitrogen and oxygen atoms in total. The molecule has 25 heavy (non-hydrogen) atoms. The maximum absolute atomic E-state index is 12.7. The molecule has 0 radical (unpaired) electrons. The summed E-state index contributed by atoms with van der Waals surface area (Å²) in [5, 5.41) is 4.42. The molecular formula is C16H14BrN7O. The average Bonchev–Trinajstić information content (AvgIpc) is 3.17. The molecule has 126 valence electrons. The van der Waals surface area contributed by atoms with Gasteiger partial charge in [0, 0.05) is 25.0 Å². The third-order valence-corrected chi connectivity index (χ3v) is 4.69. The van der Waals surface area contributed by atoms with Crippen molar-refractivity contribution in [3.8, 4) is 11.3 Å². The molecule has 3 heterocycles. The van der Waals surface area contributed by atoms with Gasteiger partial charge in [-0.15, -0.1) is 5.10 Å². The molecule has 0 amide bonds. The summed E-state index contributed by atoms with van der Waals surface area (Å²) in [6.45, 7) is 0.247. The van der Waals surface area contributed by atoms with E-state index in [-0.39, 0.29) is 18.2 Å². The number of rotatable bonds is 3. The van der Waals surface area contributed by atoms with Crippen molar-refractivity contribution in [2.75, 3.05) is 5.73 Å². The van der Waals surface area contributed by atoms with Gasteiger partial charge in [0.15, 0.2) is 5.65 Å². The van der Waals surface area contributed by atoms with Crippen LogP contribution in [-0.4, -0.2) is 28.7 Å². The van der Waals surface area contributed by atoms with Gasteiger partial charge in [-0.3, -0.25) is 0 Å². The van der Waals surface area contributed by atoms with Gasteiger partial charge < -0.3 is 10.3 Å². The molecule has 0 fully saturated rings. The lowest BCUT2D eigenvalue weighted by molar-refractivity contribution is 0.611. The van der Waals surface area contributed by atoms with Gasteiger partial charge in [-0.05, 0) is 15.9 Å². The number of imidazole rings is 1. The third-order valence-electron chi connectivity index (χ3n) is 3.96. The number of benzene rings is 1. The fraction of sp³-hybridized carbons (Fsp3) is 0.125. The second-order valence-corrected chi connectivity index (χ2v) is 6.35. The van der Waals surface area contributed by atoms with Crippen LogP contribution in [0.2, 0.25) is 0 Å². The van der Waals surface area contributed by atoms with E-state index in [1.807, 2.05) is 48.1 Å². The van der Waals surface area contributed by atoms with Gasteiger partial charge in [0.25, 0.3) is 0 Å². The quantitative estimate of drug-likeness (QED) is 0.565. The summed E-state index contributed by atoms with van der Waals surface area (Å²) in [5.41, 5.74) is 7.62. The Bertz CT molecular complexity index is 1130. The maximum atomic E-state index is 12.7. The highest BCUT2D eigenvalue weighted by atomic mass is 79.9. The fourth-order valence-electron chi connectivity index (χ4n) is 2.65. The summed E-state index contributed by atoms with van der Waals surface area (Å²) >= 11 is 3.52. The minimum atomic E-state index is -0.358. The summed E-state index contributed by atoms with van der Waals surface area (Å²) in [6.07, 6.45) is 3.49. The smallest absolute Gasteiger partial charge is 0.353 e. The van der Waals surface area contributed by atoms with Crippen molar-refractivity contribution in [1.29, 1.82) is 0 Å². The molecule has 4 rings (SSSR count). The van der Waals surface area contributed by atoms with Gasteiger partial charge >= 0.3 is 5.69 Å². The predicted molar refractivity (Wildman–Crippen MR) is 97.1 cm³/mol. The van der Waals surface area contributed by atoms with Crippen LogP contribution in [0.5, 0.6) is 0 Å². The zero-order chi connectivity index (χ0) is 17.6. The molecule has 0 atom stereocenters. The number of hydrogen-bond acceptors (Lipinski definition) is 5. The summed E-state index contributed by atoms with van der Waals surface area (Å²) in [4.78, 5) is 21.3. The first-order valence-electron chi connectivity index (χ1n) is 7.52. The molecule has 0 saturated carbocycles. The molecule has 4 aromatic rings. The summed E-state index contributed by atoms with van der Waals surface area (Å²) in [7, 11) is 1.86. The Hall–Kier alpha value is -2.94. The molecule has 0 unspecified atom stereocenters. The van der Waals surface area contributed by atoms with Gasteiger partial charge in [0.2, 0.25) is 5.95 Å². The Labute approximate surface area is 150 Å². The van der Waals surface area contributed by atoms with Crippen molar-refractivity contribution in [2.45, 2.75) is 6.54 Å². The Balaban J connectivity index is 1.91. The number of hydrogen-bond donors (Lipinski definition) is 1. The zero-order valence-corrected chi connectivity index (χ0v) is 14.9. The van der Waals surface area contributed by atoms with E-state index in [1.54, 1.807) is 6.20 Å². The molecule has 3 aromatic heterocycles. The number of anilines is 1. The van der Waals surface area contributed by atoms with Crippen LogP contribution in [-0.2, 0) is 13.6 Å². The van der Waals surface area contributed by atoms with Crippen LogP contribution < -0.4 is 11.4 Å². The molecule has 2 N–H and O–H groups in total. The minimum Gasteiger partial charge on any atom is -0.369 e. The first-order valence-corrected chi connectivity index (χ1v) is 8.31. The van der Waals surface area contributed by atoms with Crippen molar-refractivity contribution < 1.29 is 0 Å². The van der Waals surface area contributed by atoms with Crippen LogP contribution >= 0.6 is 15.9 Å². The third kappa shape index (κ3) is 2.52. The van der Waals surface area contributed by atoms with Crippen LogP contribution in [0.15, 0.2) is 52.0 Å². The Morgan fingerprint density at radius 2 is 2.00 bits per heavy atom. The lowest BCUT2D eigenvalue weighted by atomic mass is 10.1. The molecule has 9 heteroatoms. The van der Waals surface area contributed by atoms with E-state index in [9.17, 15) is 4.79 Å². The molecular weight excluding hydrogens is 386 g/mol. The largest absolute Gasteiger partial charge is 0.369 e. The van der Waals surface area contributed by atoms with Crippen molar-refractivity contribution in [1.82, 2.24) is 28.7 Å². The molecule has 0 spiro atoms. The van der Waals surface area contributed by atoms with Gasteiger partial charge in [0.1, 0.15) is 12.4 Å². The average molecular weight is 400 g/mol.